The van der Waals surface area contributed by atoms with Gasteiger partial charge in [0.2, 0.25) is 0 Å². The van der Waals surface area contributed by atoms with E-state index in [1.807, 2.05) is 30.3 Å². The van der Waals surface area contributed by atoms with Crippen molar-refractivity contribution in [1.82, 2.24) is 10.2 Å². The van der Waals surface area contributed by atoms with Crippen LogP contribution in [0.25, 0.3) is 11.3 Å². The standard InChI is InChI=1S/C13H11N3O2/c1-18-12-5-3-2-4-10(12)11-8-9(6-7-14)13(17)16-15-11/h2-5,8H,6H2,1H3,(H,16,17). The fourth-order valence-corrected chi connectivity index (χ4v) is 1.66. The monoisotopic (exact) mass is 241 g/mol. The minimum atomic E-state index is -0.338. The summed E-state index contributed by atoms with van der Waals surface area (Å²) in [6.07, 6.45) is 0.0556. The van der Waals surface area contributed by atoms with Crippen LogP contribution in [0.15, 0.2) is 35.1 Å². The second-order valence-corrected chi connectivity index (χ2v) is 3.64. The molecule has 0 aliphatic carbocycles. The number of nitrogens with zero attached hydrogens (tertiary/aromatic N) is 2. The van der Waals surface area contributed by atoms with E-state index < -0.39 is 0 Å². The molecule has 0 unspecified atom stereocenters. The molecule has 0 radical (unpaired) electrons. The smallest absolute Gasteiger partial charge is 0.268 e. The lowest BCUT2D eigenvalue weighted by atomic mass is 10.1. The summed E-state index contributed by atoms with van der Waals surface area (Å²) in [7, 11) is 1.57. The molecular formula is C13H11N3O2. The Morgan fingerprint density at radius 1 is 1.44 bits per heavy atom. The van der Waals surface area contributed by atoms with Crippen LogP contribution in [0.2, 0.25) is 0 Å². The molecule has 0 atom stereocenters. The van der Waals surface area contributed by atoms with E-state index >= 15 is 0 Å². The number of para-hydroxylation sites is 1. The molecule has 0 bridgehead atoms. The Morgan fingerprint density at radius 2 is 2.22 bits per heavy atom. The van der Waals surface area contributed by atoms with E-state index in [-0.39, 0.29) is 12.0 Å². The quantitative estimate of drug-likeness (QED) is 0.883. The van der Waals surface area contributed by atoms with Crippen LogP contribution in [0.1, 0.15) is 5.56 Å². The molecule has 1 heterocycles. The van der Waals surface area contributed by atoms with E-state index in [9.17, 15) is 4.79 Å². The summed E-state index contributed by atoms with van der Waals surface area (Å²) >= 11 is 0. The van der Waals surface area contributed by atoms with Crippen LogP contribution in [-0.4, -0.2) is 17.3 Å². The van der Waals surface area contributed by atoms with Crippen molar-refractivity contribution in [2.75, 3.05) is 7.11 Å². The number of rotatable bonds is 3. The van der Waals surface area contributed by atoms with Gasteiger partial charge in [-0.2, -0.15) is 10.4 Å². The molecule has 1 N–H and O–H groups in total. The molecule has 0 amide bonds. The van der Waals surface area contributed by atoms with Gasteiger partial charge in [-0.1, -0.05) is 12.1 Å². The van der Waals surface area contributed by atoms with Crippen molar-refractivity contribution >= 4 is 0 Å². The Balaban J connectivity index is 2.55. The largest absolute Gasteiger partial charge is 0.496 e. The van der Waals surface area contributed by atoms with Gasteiger partial charge >= 0.3 is 0 Å². The summed E-state index contributed by atoms with van der Waals surface area (Å²) in [5, 5.41) is 15.0. The fourth-order valence-electron chi connectivity index (χ4n) is 1.66. The number of H-pyrrole nitrogens is 1. The van der Waals surface area contributed by atoms with Gasteiger partial charge in [0.05, 0.1) is 25.3 Å². The predicted molar refractivity (Wildman–Crippen MR) is 66.2 cm³/mol. The predicted octanol–water partition coefficient (Wildman–Crippen LogP) is 1.51. The first-order valence-corrected chi connectivity index (χ1v) is 5.35. The van der Waals surface area contributed by atoms with Crippen molar-refractivity contribution in [2.24, 2.45) is 0 Å². The Morgan fingerprint density at radius 3 is 2.94 bits per heavy atom. The molecule has 2 rings (SSSR count). The molecule has 90 valence electrons. The third kappa shape index (κ3) is 2.23. The van der Waals surface area contributed by atoms with Crippen molar-refractivity contribution in [2.45, 2.75) is 6.42 Å². The maximum absolute atomic E-state index is 11.4. The van der Waals surface area contributed by atoms with Crippen molar-refractivity contribution in [1.29, 1.82) is 5.26 Å². The van der Waals surface area contributed by atoms with E-state index in [2.05, 4.69) is 10.2 Å². The first kappa shape index (κ1) is 11.9. The minimum absolute atomic E-state index is 0.0556. The maximum atomic E-state index is 11.4. The summed E-state index contributed by atoms with van der Waals surface area (Å²) in [5.41, 5.74) is 1.41. The SMILES string of the molecule is COc1ccccc1-c1cc(CC#N)c(=O)[nH]n1. The lowest BCUT2D eigenvalue weighted by molar-refractivity contribution is 0.416. The van der Waals surface area contributed by atoms with Gasteiger partial charge in [0.1, 0.15) is 5.75 Å². The molecule has 0 aliphatic heterocycles. The molecule has 1 aromatic carbocycles. The highest BCUT2D eigenvalue weighted by atomic mass is 16.5. The van der Waals surface area contributed by atoms with Gasteiger partial charge in [-0.05, 0) is 18.2 Å². The van der Waals surface area contributed by atoms with Crippen molar-refractivity contribution in [3.8, 4) is 23.1 Å². The van der Waals surface area contributed by atoms with Crippen molar-refractivity contribution in [3.63, 3.8) is 0 Å². The van der Waals surface area contributed by atoms with Gasteiger partial charge in [-0.25, -0.2) is 5.10 Å². The molecule has 5 heteroatoms. The van der Waals surface area contributed by atoms with E-state index in [1.165, 1.54) is 0 Å². The number of hydrogen-bond acceptors (Lipinski definition) is 4. The zero-order valence-corrected chi connectivity index (χ0v) is 9.80. The van der Waals surface area contributed by atoms with Crippen LogP contribution in [0.5, 0.6) is 5.75 Å². The number of nitrogens with one attached hydrogen (secondary N) is 1. The summed E-state index contributed by atoms with van der Waals surface area (Å²) in [5.74, 6) is 0.667. The maximum Gasteiger partial charge on any atom is 0.268 e. The van der Waals surface area contributed by atoms with Crippen LogP contribution >= 0.6 is 0 Å². The van der Waals surface area contributed by atoms with Gasteiger partial charge in [-0.3, -0.25) is 4.79 Å². The molecule has 0 saturated carbocycles. The summed E-state index contributed by atoms with van der Waals surface area (Å²) in [6, 6.07) is 10.9. The minimum Gasteiger partial charge on any atom is -0.496 e. The van der Waals surface area contributed by atoms with E-state index in [0.29, 0.717) is 17.0 Å². The van der Waals surface area contributed by atoms with Gasteiger partial charge in [0.15, 0.2) is 0 Å². The number of hydrogen-bond donors (Lipinski definition) is 1. The van der Waals surface area contributed by atoms with Crippen LogP contribution in [0.3, 0.4) is 0 Å². The van der Waals surface area contributed by atoms with Crippen LogP contribution < -0.4 is 10.3 Å². The molecule has 0 saturated heterocycles. The summed E-state index contributed by atoms with van der Waals surface area (Å²) in [6.45, 7) is 0. The van der Waals surface area contributed by atoms with Crippen LogP contribution in [0, 0.1) is 11.3 Å². The van der Waals surface area contributed by atoms with E-state index in [0.717, 1.165) is 5.56 Å². The van der Waals surface area contributed by atoms with Crippen LogP contribution in [-0.2, 0) is 6.42 Å². The molecule has 5 nitrogen and oxygen atoms in total. The third-order valence-electron chi connectivity index (χ3n) is 2.53. The van der Waals surface area contributed by atoms with E-state index in [4.69, 9.17) is 10.00 Å². The molecule has 1 aromatic heterocycles. The highest BCUT2D eigenvalue weighted by Crippen LogP contribution is 2.27. The number of nitriles is 1. The number of benzene rings is 1. The Hall–Kier alpha value is -2.61. The molecule has 18 heavy (non-hydrogen) atoms. The summed E-state index contributed by atoms with van der Waals surface area (Å²) in [4.78, 5) is 11.4. The highest BCUT2D eigenvalue weighted by molar-refractivity contribution is 5.67. The zero-order chi connectivity index (χ0) is 13.0. The van der Waals surface area contributed by atoms with Crippen molar-refractivity contribution in [3.05, 3.63) is 46.2 Å². The van der Waals surface area contributed by atoms with Crippen LogP contribution in [0.4, 0.5) is 0 Å². The number of methoxy groups -OCH3 is 1. The Labute approximate surface area is 104 Å². The molecular weight excluding hydrogens is 230 g/mol. The lowest BCUT2D eigenvalue weighted by Crippen LogP contribution is -2.14. The third-order valence-corrected chi connectivity index (χ3v) is 2.53. The molecule has 0 aliphatic rings. The van der Waals surface area contributed by atoms with Crippen molar-refractivity contribution < 1.29 is 4.74 Å². The Bertz CT molecular complexity index is 656. The highest BCUT2D eigenvalue weighted by Gasteiger charge is 2.09. The zero-order valence-electron chi connectivity index (χ0n) is 9.80. The molecule has 0 fully saturated rings. The average molecular weight is 241 g/mol. The Kier molecular flexibility index (Phi) is 3.39. The molecule has 0 spiro atoms. The normalized spacial score (nSPS) is 9.78. The topological polar surface area (TPSA) is 78.8 Å². The number of ether oxygens (including phenoxy) is 1. The first-order chi connectivity index (χ1) is 8.76. The second-order valence-electron chi connectivity index (χ2n) is 3.64. The average Bonchev–Trinajstić information content (AvgIpc) is 2.41. The number of aromatic nitrogens is 2. The van der Waals surface area contributed by atoms with Gasteiger partial charge in [-0.15, -0.1) is 0 Å². The fraction of sp³-hybridized carbons (Fsp3) is 0.154. The molecule has 2 aromatic rings. The van der Waals surface area contributed by atoms with Gasteiger partial charge in [0, 0.05) is 11.1 Å². The number of aromatic amines is 1. The first-order valence-electron chi connectivity index (χ1n) is 5.35. The lowest BCUT2D eigenvalue weighted by Gasteiger charge is -2.07. The van der Waals surface area contributed by atoms with Gasteiger partial charge < -0.3 is 4.74 Å². The summed E-state index contributed by atoms with van der Waals surface area (Å²) < 4.78 is 5.23. The van der Waals surface area contributed by atoms with E-state index in [1.54, 1.807) is 13.2 Å². The van der Waals surface area contributed by atoms with Gasteiger partial charge in [0.25, 0.3) is 5.56 Å². The second kappa shape index (κ2) is 5.15.